The Morgan fingerprint density at radius 1 is 1.14 bits per heavy atom. The minimum atomic E-state index is -0.513. The summed E-state index contributed by atoms with van der Waals surface area (Å²) in [6, 6.07) is 8.13. The maximum Gasteiger partial charge on any atom is 0.315 e. The third-order valence-electron chi connectivity index (χ3n) is 6.13. The molecule has 3 aliphatic rings. The molecular weight excluding hydrogens is 465 g/mol. The van der Waals surface area contributed by atoms with Gasteiger partial charge in [-0.25, -0.2) is 0 Å². The van der Waals surface area contributed by atoms with Crippen LogP contribution in [-0.4, -0.2) is 23.6 Å². The number of ether oxygens (including phenoxy) is 1. The molecule has 1 aromatic carbocycles. The fourth-order valence-corrected chi connectivity index (χ4v) is 5.36. The van der Waals surface area contributed by atoms with E-state index in [-0.39, 0.29) is 23.8 Å². The fourth-order valence-electron chi connectivity index (χ4n) is 4.79. The van der Waals surface area contributed by atoms with Crippen LogP contribution in [0.2, 0.25) is 0 Å². The molecule has 1 heterocycles. The maximum atomic E-state index is 13.3. The summed E-state index contributed by atoms with van der Waals surface area (Å²) < 4.78 is 7.04. The quantitative estimate of drug-likeness (QED) is 0.423. The summed E-state index contributed by atoms with van der Waals surface area (Å²) in [4.78, 5) is 30.9. The molecule has 28 heavy (non-hydrogen) atoms. The van der Waals surface area contributed by atoms with Crippen LogP contribution in [0.15, 0.2) is 40.5 Å². The number of aliphatic imine (C=N–C) groups is 1. The SMILES string of the molecule is CC1=NC2=C(C(=O)CCC2)[C@H](c2cccc(I)c2)C1C(=O)OC1CCCCC1. The second-order valence-electron chi connectivity index (χ2n) is 8.10. The Morgan fingerprint density at radius 3 is 2.68 bits per heavy atom. The van der Waals surface area contributed by atoms with Gasteiger partial charge in [-0.3, -0.25) is 14.6 Å². The third-order valence-corrected chi connectivity index (χ3v) is 6.80. The average molecular weight is 491 g/mol. The number of halogens is 1. The van der Waals surface area contributed by atoms with Gasteiger partial charge in [0.25, 0.3) is 0 Å². The molecule has 4 rings (SSSR count). The van der Waals surface area contributed by atoms with Gasteiger partial charge in [-0.15, -0.1) is 0 Å². The molecule has 0 aromatic heterocycles. The first-order valence-electron chi connectivity index (χ1n) is 10.3. The number of carbonyl (C=O) groups is 2. The van der Waals surface area contributed by atoms with Crippen molar-refractivity contribution in [3.05, 3.63) is 44.7 Å². The van der Waals surface area contributed by atoms with E-state index in [0.717, 1.165) is 64.6 Å². The minimum Gasteiger partial charge on any atom is -0.462 e. The van der Waals surface area contributed by atoms with Gasteiger partial charge in [-0.1, -0.05) is 18.6 Å². The Hall–Kier alpha value is -1.50. The van der Waals surface area contributed by atoms with E-state index in [1.807, 2.05) is 25.1 Å². The molecule has 0 amide bonds. The summed E-state index contributed by atoms with van der Waals surface area (Å²) in [6.45, 7) is 1.91. The number of benzene rings is 1. The predicted molar refractivity (Wildman–Crippen MR) is 117 cm³/mol. The van der Waals surface area contributed by atoms with Crippen molar-refractivity contribution in [2.75, 3.05) is 0 Å². The third kappa shape index (κ3) is 3.95. The van der Waals surface area contributed by atoms with E-state index < -0.39 is 5.92 Å². The van der Waals surface area contributed by atoms with Gasteiger partial charge in [0, 0.05) is 32.9 Å². The van der Waals surface area contributed by atoms with E-state index in [0.29, 0.717) is 6.42 Å². The van der Waals surface area contributed by atoms with E-state index in [4.69, 9.17) is 9.73 Å². The van der Waals surface area contributed by atoms with Gasteiger partial charge >= 0.3 is 5.97 Å². The largest absolute Gasteiger partial charge is 0.462 e. The first kappa shape index (κ1) is 19.8. The Kier molecular flexibility index (Phi) is 5.99. The summed E-state index contributed by atoms with van der Waals surface area (Å²) in [7, 11) is 0. The summed E-state index contributed by atoms with van der Waals surface area (Å²) in [5.74, 6) is -0.884. The number of ketones is 1. The number of rotatable bonds is 3. The van der Waals surface area contributed by atoms with Gasteiger partial charge in [0.05, 0.1) is 0 Å². The second kappa shape index (κ2) is 8.47. The van der Waals surface area contributed by atoms with Crippen LogP contribution >= 0.6 is 22.6 Å². The number of nitrogens with zero attached hydrogens (tertiary/aromatic N) is 1. The normalized spacial score (nSPS) is 25.9. The number of carbonyl (C=O) groups excluding carboxylic acids is 2. The highest BCUT2D eigenvalue weighted by Gasteiger charge is 2.43. The Morgan fingerprint density at radius 2 is 1.93 bits per heavy atom. The molecule has 5 heteroatoms. The molecule has 0 spiro atoms. The highest BCUT2D eigenvalue weighted by molar-refractivity contribution is 14.1. The van der Waals surface area contributed by atoms with Crippen molar-refractivity contribution in [3.63, 3.8) is 0 Å². The Labute approximate surface area is 180 Å². The van der Waals surface area contributed by atoms with Crippen LogP contribution in [0, 0.1) is 9.49 Å². The number of esters is 1. The Balaban J connectivity index is 1.72. The molecule has 1 unspecified atom stereocenters. The van der Waals surface area contributed by atoms with Crippen molar-refractivity contribution in [2.45, 2.75) is 70.3 Å². The molecule has 0 N–H and O–H groups in total. The molecular formula is C23H26INO3. The van der Waals surface area contributed by atoms with E-state index in [1.54, 1.807) is 0 Å². The van der Waals surface area contributed by atoms with E-state index in [1.165, 1.54) is 6.42 Å². The fraction of sp³-hybridized carbons (Fsp3) is 0.522. The highest BCUT2D eigenvalue weighted by atomic mass is 127. The van der Waals surface area contributed by atoms with Crippen molar-refractivity contribution in [3.8, 4) is 0 Å². The van der Waals surface area contributed by atoms with Gasteiger partial charge in [0.2, 0.25) is 0 Å². The highest BCUT2D eigenvalue weighted by Crippen LogP contribution is 2.44. The summed E-state index contributed by atoms with van der Waals surface area (Å²) in [5, 5.41) is 0. The second-order valence-corrected chi connectivity index (χ2v) is 9.34. The number of Topliss-reactive ketones (excluding diaryl/α,β-unsaturated/α-hetero) is 1. The van der Waals surface area contributed by atoms with E-state index in [2.05, 4.69) is 28.7 Å². The molecule has 0 radical (unpaired) electrons. The van der Waals surface area contributed by atoms with Crippen molar-refractivity contribution in [1.82, 2.24) is 0 Å². The zero-order valence-electron chi connectivity index (χ0n) is 16.2. The van der Waals surface area contributed by atoms with Crippen LogP contribution in [0.5, 0.6) is 0 Å². The van der Waals surface area contributed by atoms with Gasteiger partial charge in [-0.2, -0.15) is 0 Å². The van der Waals surface area contributed by atoms with Crippen LogP contribution in [-0.2, 0) is 14.3 Å². The van der Waals surface area contributed by atoms with Gasteiger partial charge in [0.1, 0.15) is 12.0 Å². The average Bonchev–Trinajstić information content (AvgIpc) is 2.68. The van der Waals surface area contributed by atoms with E-state index in [9.17, 15) is 9.59 Å². The zero-order valence-corrected chi connectivity index (χ0v) is 18.4. The number of hydrogen-bond donors (Lipinski definition) is 0. The van der Waals surface area contributed by atoms with Crippen molar-refractivity contribution >= 4 is 40.1 Å². The molecule has 0 bridgehead atoms. The topological polar surface area (TPSA) is 55.7 Å². The number of allylic oxidation sites excluding steroid dienone is 2. The lowest BCUT2D eigenvalue weighted by molar-refractivity contribution is -0.153. The maximum absolute atomic E-state index is 13.3. The van der Waals surface area contributed by atoms with Gasteiger partial charge < -0.3 is 4.74 Å². The lowest BCUT2D eigenvalue weighted by Crippen LogP contribution is -2.38. The van der Waals surface area contributed by atoms with Crippen LogP contribution < -0.4 is 0 Å². The first-order chi connectivity index (χ1) is 13.5. The molecule has 1 saturated carbocycles. The molecule has 2 atom stereocenters. The molecule has 0 saturated heterocycles. The van der Waals surface area contributed by atoms with Crippen LogP contribution in [0.3, 0.4) is 0 Å². The van der Waals surface area contributed by atoms with Crippen molar-refractivity contribution < 1.29 is 14.3 Å². The molecule has 2 aliphatic carbocycles. The molecule has 148 valence electrons. The van der Waals surface area contributed by atoms with Crippen LogP contribution in [0.25, 0.3) is 0 Å². The summed E-state index contributed by atoms with van der Waals surface area (Å²) in [5.41, 5.74) is 3.40. The predicted octanol–water partition coefficient (Wildman–Crippen LogP) is 5.35. The first-order valence-corrected chi connectivity index (χ1v) is 11.4. The molecule has 1 aromatic rings. The minimum absolute atomic E-state index is 0.00282. The number of hydrogen-bond acceptors (Lipinski definition) is 4. The van der Waals surface area contributed by atoms with Gasteiger partial charge in [0.15, 0.2) is 5.78 Å². The lowest BCUT2D eigenvalue weighted by Gasteiger charge is -2.35. The van der Waals surface area contributed by atoms with Crippen molar-refractivity contribution in [2.24, 2.45) is 10.9 Å². The van der Waals surface area contributed by atoms with E-state index >= 15 is 0 Å². The smallest absolute Gasteiger partial charge is 0.315 e. The zero-order chi connectivity index (χ0) is 19.7. The van der Waals surface area contributed by atoms with Gasteiger partial charge in [-0.05, 0) is 85.7 Å². The Bertz CT molecular complexity index is 851. The standard InChI is InChI=1S/C23H26INO3/c1-14-20(23(27)28-17-9-3-2-4-10-17)21(15-7-5-8-16(24)13-15)22-18(25-14)11-6-12-19(22)26/h5,7-8,13,17,20-21H,2-4,6,9-12H2,1H3/t20?,21-/m1/s1. The lowest BCUT2D eigenvalue weighted by atomic mass is 9.72. The monoisotopic (exact) mass is 491 g/mol. The van der Waals surface area contributed by atoms with Crippen molar-refractivity contribution in [1.29, 1.82) is 0 Å². The summed E-state index contributed by atoms with van der Waals surface area (Å²) >= 11 is 2.28. The molecule has 4 nitrogen and oxygen atoms in total. The molecule has 1 fully saturated rings. The summed E-state index contributed by atoms with van der Waals surface area (Å²) in [6.07, 6.45) is 7.52. The van der Waals surface area contributed by atoms with Crippen LogP contribution in [0.4, 0.5) is 0 Å². The van der Waals surface area contributed by atoms with Crippen LogP contribution in [0.1, 0.15) is 69.8 Å². The molecule has 1 aliphatic heterocycles.